The van der Waals surface area contributed by atoms with Crippen molar-refractivity contribution in [2.24, 2.45) is 0 Å². The second-order valence-electron chi connectivity index (χ2n) is 6.43. The summed E-state index contributed by atoms with van der Waals surface area (Å²) in [5, 5.41) is 0. The van der Waals surface area contributed by atoms with Crippen molar-refractivity contribution >= 4 is 6.29 Å². The topological polar surface area (TPSA) is 17.1 Å². The molecule has 0 aliphatic heterocycles. The molecule has 0 N–H and O–H groups in total. The van der Waals surface area contributed by atoms with Crippen molar-refractivity contribution in [1.82, 2.24) is 0 Å². The number of carbonyl (C=O) groups is 1. The lowest BCUT2D eigenvalue weighted by atomic mass is 10.0. The molecule has 0 atom stereocenters. The fourth-order valence-corrected chi connectivity index (χ4v) is 2.97. The maximum absolute atomic E-state index is 10.2. The third-order valence-corrected chi connectivity index (χ3v) is 4.38. The van der Waals surface area contributed by atoms with Crippen molar-refractivity contribution in [3.8, 4) is 0 Å². The van der Waals surface area contributed by atoms with Gasteiger partial charge >= 0.3 is 0 Å². The van der Waals surface area contributed by atoms with E-state index in [1.54, 1.807) is 0 Å². The first-order chi connectivity index (χ1) is 10.9. The first kappa shape index (κ1) is 18.9. The lowest BCUT2D eigenvalue weighted by molar-refractivity contribution is -0.107. The Hall–Kier alpha value is -1.11. The lowest BCUT2D eigenvalue weighted by Crippen LogP contribution is -1.86. The van der Waals surface area contributed by atoms with Crippen molar-refractivity contribution in [2.75, 3.05) is 0 Å². The third-order valence-electron chi connectivity index (χ3n) is 4.38. The zero-order chi connectivity index (χ0) is 15.7. The lowest BCUT2D eigenvalue weighted by Gasteiger charge is -2.03. The number of aldehydes is 1. The van der Waals surface area contributed by atoms with E-state index in [-0.39, 0.29) is 0 Å². The van der Waals surface area contributed by atoms with Gasteiger partial charge in [0.25, 0.3) is 0 Å². The molecule has 0 aromatic heterocycles. The second kappa shape index (κ2) is 14.8. The van der Waals surface area contributed by atoms with Crippen LogP contribution in [0.25, 0.3) is 0 Å². The van der Waals surface area contributed by atoms with Gasteiger partial charge in [0.1, 0.15) is 6.29 Å². The normalized spacial score (nSPS) is 10.7. The van der Waals surface area contributed by atoms with Crippen LogP contribution in [0.4, 0.5) is 0 Å². The van der Waals surface area contributed by atoms with Gasteiger partial charge < -0.3 is 4.79 Å². The van der Waals surface area contributed by atoms with Crippen LogP contribution in [0.5, 0.6) is 0 Å². The average molecular weight is 303 g/mol. The van der Waals surface area contributed by atoms with Crippen LogP contribution in [-0.2, 0) is 11.2 Å². The van der Waals surface area contributed by atoms with Crippen molar-refractivity contribution in [3.05, 3.63) is 35.9 Å². The quantitative estimate of drug-likeness (QED) is 0.267. The highest BCUT2D eigenvalue weighted by Gasteiger charge is 1.95. The van der Waals surface area contributed by atoms with Crippen molar-refractivity contribution in [1.29, 1.82) is 0 Å². The molecule has 1 rings (SSSR count). The summed E-state index contributed by atoms with van der Waals surface area (Å²) < 4.78 is 0. The Bertz CT molecular complexity index is 344. The van der Waals surface area contributed by atoms with Gasteiger partial charge in [-0.1, -0.05) is 94.5 Å². The molecular weight excluding hydrogens is 268 g/mol. The molecule has 0 radical (unpaired) electrons. The van der Waals surface area contributed by atoms with Crippen LogP contribution in [0.15, 0.2) is 30.3 Å². The molecule has 0 bridgehead atoms. The van der Waals surface area contributed by atoms with Gasteiger partial charge in [0.05, 0.1) is 0 Å². The zero-order valence-corrected chi connectivity index (χ0v) is 14.3. The monoisotopic (exact) mass is 302 g/mol. The average Bonchev–Trinajstić information content (AvgIpc) is 2.56. The van der Waals surface area contributed by atoms with Gasteiger partial charge in [-0.15, -0.1) is 0 Å². The molecule has 0 saturated carbocycles. The number of benzene rings is 1. The highest BCUT2D eigenvalue weighted by molar-refractivity contribution is 5.48. The Labute approximate surface area is 137 Å². The van der Waals surface area contributed by atoms with E-state index in [4.69, 9.17) is 0 Å². The summed E-state index contributed by atoms with van der Waals surface area (Å²) in [7, 11) is 0. The van der Waals surface area contributed by atoms with Crippen LogP contribution in [0, 0.1) is 0 Å². The Balaban J connectivity index is 1.74. The molecule has 124 valence electrons. The van der Waals surface area contributed by atoms with Crippen molar-refractivity contribution < 1.29 is 4.79 Å². The summed E-state index contributed by atoms with van der Waals surface area (Å²) in [6, 6.07) is 10.8. The summed E-state index contributed by atoms with van der Waals surface area (Å²) in [6.07, 6.45) is 19.2. The number of hydrogen-bond acceptors (Lipinski definition) is 1. The molecule has 1 aromatic carbocycles. The van der Waals surface area contributed by atoms with E-state index >= 15 is 0 Å². The summed E-state index contributed by atoms with van der Waals surface area (Å²) in [5.41, 5.74) is 1.48. The van der Waals surface area contributed by atoms with Crippen LogP contribution in [0.1, 0.15) is 89.0 Å². The fraction of sp³-hybridized carbons (Fsp3) is 0.667. The third kappa shape index (κ3) is 11.5. The predicted molar refractivity (Wildman–Crippen MR) is 96.2 cm³/mol. The fourth-order valence-electron chi connectivity index (χ4n) is 2.97. The molecule has 22 heavy (non-hydrogen) atoms. The van der Waals surface area contributed by atoms with Crippen LogP contribution in [0.2, 0.25) is 0 Å². The first-order valence-electron chi connectivity index (χ1n) is 9.41. The number of unbranched alkanes of at least 4 members (excludes halogenated alkanes) is 12. The highest BCUT2D eigenvalue weighted by Crippen LogP contribution is 2.13. The Kier molecular flexibility index (Phi) is 12.8. The molecule has 0 saturated heterocycles. The zero-order valence-electron chi connectivity index (χ0n) is 14.3. The molecule has 0 aliphatic rings. The highest BCUT2D eigenvalue weighted by atomic mass is 16.1. The van der Waals surface area contributed by atoms with Gasteiger partial charge in [0.2, 0.25) is 0 Å². The SMILES string of the molecule is O=CCCCCCCCCCCCCCCc1ccccc1. The maximum Gasteiger partial charge on any atom is 0.119 e. The Morgan fingerprint density at radius 2 is 1.05 bits per heavy atom. The predicted octanol–water partition coefficient (Wildman–Crippen LogP) is 6.50. The molecule has 1 aromatic rings. The first-order valence-corrected chi connectivity index (χ1v) is 9.41. The second-order valence-corrected chi connectivity index (χ2v) is 6.43. The van der Waals surface area contributed by atoms with Gasteiger partial charge in [0, 0.05) is 6.42 Å². The summed E-state index contributed by atoms with van der Waals surface area (Å²) >= 11 is 0. The van der Waals surface area contributed by atoms with Gasteiger partial charge in [0.15, 0.2) is 0 Å². The van der Waals surface area contributed by atoms with Crippen molar-refractivity contribution in [3.63, 3.8) is 0 Å². The van der Waals surface area contributed by atoms with E-state index in [1.807, 2.05) is 0 Å². The molecule has 0 fully saturated rings. The molecule has 0 spiro atoms. The maximum atomic E-state index is 10.2. The van der Waals surface area contributed by atoms with E-state index in [1.165, 1.54) is 82.6 Å². The minimum atomic E-state index is 0.754. The largest absolute Gasteiger partial charge is 0.303 e. The minimum absolute atomic E-state index is 0.754. The van der Waals surface area contributed by atoms with E-state index in [2.05, 4.69) is 30.3 Å². The van der Waals surface area contributed by atoms with Gasteiger partial charge in [-0.25, -0.2) is 0 Å². The summed E-state index contributed by atoms with van der Waals surface area (Å²) in [4.78, 5) is 10.2. The molecular formula is C21H34O. The molecule has 1 heteroatoms. The van der Waals surface area contributed by atoms with Gasteiger partial charge in [-0.05, 0) is 24.8 Å². The number of carbonyl (C=O) groups excluding carboxylic acids is 1. The van der Waals surface area contributed by atoms with E-state index < -0.39 is 0 Å². The van der Waals surface area contributed by atoms with Gasteiger partial charge in [-0.2, -0.15) is 0 Å². The van der Waals surface area contributed by atoms with E-state index in [0.29, 0.717) is 0 Å². The van der Waals surface area contributed by atoms with Crippen LogP contribution in [0.3, 0.4) is 0 Å². The molecule has 1 nitrogen and oxygen atoms in total. The molecule has 0 unspecified atom stereocenters. The minimum Gasteiger partial charge on any atom is -0.303 e. The van der Waals surface area contributed by atoms with E-state index in [0.717, 1.165) is 19.1 Å². The smallest absolute Gasteiger partial charge is 0.119 e. The number of rotatable bonds is 15. The molecule has 0 aliphatic carbocycles. The van der Waals surface area contributed by atoms with Crippen LogP contribution >= 0.6 is 0 Å². The van der Waals surface area contributed by atoms with Crippen molar-refractivity contribution in [2.45, 2.75) is 89.9 Å². The summed E-state index contributed by atoms with van der Waals surface area (Å²) in [5.74, 6) is 0. The number of hydrogen-bond donors (Lipinski definition) is 0. The Morgan fingerprint density at radius 1 is 0.591 bits per heavy atom. The van der Waals surface area contributed by atoms with Crippen LogP contribution < -0.4 is 0 Å². The standard InChI is InChI=1S/C21H34O/c22-20-16-11-9-7-5-3-1-2-4-6-8-10-13-17-21-18-14-12-15-19-21/h12,14-15,18-20H,1-11,13,16-17H2. The van der Waals surface area contributed by atoms with Crippen LogP contribution in [-0.4, -0.2) is 6.29 Å². The van der Waals surface area contributed by atoms with E-state index in [9.17, 15) is 4.79 Å². The van der Waals surface area contributed by atoms with Gasteiger partial charge in [-0.3, -0.25) is 0 Å². The number of aryl methyl sites for hydroxylation is 1. The summed E-state index contributed by atoms with van der Waals surface area (Å²) in [6.45, 7) is 0. The Morgan fingerprint density at radius 3 is 1.55 bits per heavy atom. The molecule has 0 amide bonds. The molecule has 0 heterocycles.